The van der Waals surface area contributed by atoms with Crippen molar-refractivity contribution >= 4 is 23.6 Å². The lowest BCUT2D eigenvalue weighted by atomic mass is 10.0. The molecule has 0 N–H and O–H groups in total. The quantitative estimate of drug-likeness (QED) is 0.419. The third-order valence-corrected chi connectivity index (χ3v) is 4.79. The molecule has 0 saturated carbocycles. The molecule has 0 unspecified atom stereocenters. The van der Waals surface area contributed by atoms with Crippen LogP contribution in [0.25, 0.3) is 11.8 Å². The molecule has 0 radical (unpaired) electrons. The largest absolute Gasteiger partial charge is 0.451 e. The van der Waals surface area contributed by atoms with Crippen molar-refractivity contribution in [2.75, 3.05) is 6.61 Å². The first kappa shape index (κ1) is 22.9. The Morgan fingerprint density at radius 1 is 1.03 bits per heavy atom. The van der Waals surface area contributed by atoms with Gasteiger partial charge < -0.3 is 9.64 Å². The van der Waals surface area contributed by atoms with Crippen LogP contribution in [0.5, 0.6) is 0 Å². The molecule has 3 rings (SSSR count). The predicted molar refractivity (Wildman–Crippen MR) is 121 cm³/mol. The highest BCUT2D eigenvalue weighted by Gasteiger charge is 2.28. The van der Waals surface area contributed by atoms with Crippen molar-refractivity contribution in [2.24, 2.45) is 0 Å². The van der Waals surface area contributed by atoms with Gasteiger partial charge in [-0.15, -0.1) is 5.10 Å². The van der Waals surface area contributed by atoms with E-state index >= 15 is 0 Å². The Morgan fingerprint density at radius 3 is 2.22 bits per heavy atom. The minimum Gasteiger partial charge on any atom is -0.451 e. The lowest BCUT2D eigenvalue weighted by molar-refractivity contribution is -0.151. The number of ether oxygens (including phenoxy) is 1. The summed E-state index contributed by atoms with van der Waals surface area (Å²) in [5.41, 5.74) is 1.45. The molecule has 2 aromatic carbocycles. The van der Waals surface area contributed by atoms with E-state index in [1.165, 1.54) is 4.68 Å². The zero-order valence-corrected chi connectivity index (χ0v) is 18.7. The normalized spacial score (nSPS) is 11.8. The number of tetrazole rings is 1. The minimum atomic E-state index is -0.689. The van der Waals surface area contributed by atoms with Crippen LogP contribution in [-0.2, 0) is 20.9 Å². The fraction of sp³-hybridized carbons (Fsp3) is 0.292. The Balaban J connectivity index is 1.78. The molecule has 1 aromatic heterocycles. The summed E-state index contributed by atoms with van der Waals surface area (Å²) in [7, 11) is 0. The average Bonchev–Trinajstić information content (AvgIpc) is 3.20. The fourth-order valence-corrected chi connectivity index (χ4v) is 3.11. The summed E-state index contributed by atoms with van der Waals surface area (Å²) in [5, 5.41) is 11.3. The zero-order valence-electron chi connectivity index (χ0n) is 18.7. The van der Waals surface area contributed by atoms with Crippen LogP contribution in [0.2, 0.25) is 0 Å². The molecule has 1 heterocycles. The van der Waals surface area contributed by atoms with Crippen molar-refractivity contribution in [1.29, 1.82) is 0 Å². The van der Waals surface area contributed by atoms with E-state index in [1.807, 2.05) is 81.4 Å². The standard InChI is InChI=1S/C24H27N5O3/c1-18-25-26-27-29(18)21(15-19-11-7-5-8-12-19)23(31)32-17-22(30)28(24(2,3)4)16-20-13-9-6-10-14-20/h5-15H,16-17H2,1-4H3/b21-15-. The van der Waals surface area contributed by atoms with Crippen LogP contribution < -0.4 is 0 Å². The number of hydrogen-bond acceptors (Lipinski definition) is 6. The number of aryl methyl sites for hydroxylation is 1. The third-order valence-electron chi connectivity index (χ3n) is 4.79. The second-order valence-corrected chi connectivity index (χ2v) is 8.29. The maximum absolute atomic E-state index is 13.0. The maximum atomic E-state index is 13.0. The molecule has 8 heteroatoms. The second kappa shape index (κ2) is 10.00. The molecule has 0 aliphatic heterocycles. The van der Waals surface area contributed by atoms with E-state index in [1.54, 1.807) is 17.9 Å². The van der Waals surface area contributed by atoms with Crippen LogP contribution in [0.1, 0.15) is 37.7 Å². The van der Waals surface area contributed by atoms with Crippen molar-refractivity contribution in [1.82, 2.24) is 25.1 Å². The second-order valence-electron chi connectivity index (χ2n) is 8.29. The summed E-state index contributed by atoms with van der Waals surface area (Å²) >= 11 is 0. The van der Waals surface area contributed by atoms with Crippen LogP contribution >= 0.6 is 0 Å². The molecule has 8 nitrogen and oxygen atoms in total. The first-order chi connectivity index (χ1) is 15.3. The Hall–Kier alpha value is -3.81. The first-order valence-corrected chi connectivity index (χ1v) is 10.3. The van der Waals surface area contributed by atoms with E-state index in [9.17, 15) is 9.59 Å². The van der Waals surface area contributed by atoms with E-state index in [0.29, 0.717) is 12.4 Å². The number of carbonyl (C=O) groups is 2. The molecule has 166 valence electrons. The number of amides is 1. The fourth-order valence-electron chi connectivity index (χ4n) is 3.11. The molecular formula is C24H27N5O3. The molecule has 0 atom stereocenters. The number of nitrogens with zero attached hydrogens (tertiary/aromatic N) is 5. The van der Waals surface area contributed by atoms with Gasteiger partial charge in [-0.25, -0.2) is 4.79 Å². The summed E-state index contributed by atoms with van der Waals surface area (Å²) < 4.78 is 6.71. The maximum Gasteiger partial charge on any atom is 0.357 e. The summed E-state index contributed by atoms with van der Waals surface area (Å²) in [6.07, 6.45) is 1.63. The van der Waals surface area contributed by atoms with Crippen LogP contribution in [0.15, 0.2) is 60.7 Å². The van der Waals surface area contributed by atoms with Crippen molar-refractivity contribution in [3.63, 3.8) is 0 Å². The molecule has 0 aliphatic carbocycles. The zero-order chi connectivity index (χ0) is 23.1. The van der Waals surface area contributed by atoms with Gasteiger partial charge in [0.1, 0.15) is 0 Å². The lowest BCUT2D eigenvalue weighted by Gasteiger charge is -2.35. The van der Waals surface area contributed by atoms with Gasteiger partial charge in [-0.05, 0) is 55.3 Å². The highest BCUT2D eigenvalue weighted by atomic mass is 16.5. The number of benzene rings is 2. The SMILES string of the molecule is Cc1nnnn1/C(=C\c1ccccc1)C(=O)OCC(=O)N(Cc1ccccc1)C(C)(C)C. The molecule has 0 saturated heterocycles. The average molecular weight is 434 g/mol. The Kier molecular flexibility index (Phi) is 7.14. The van der Waals surface area contributed by atoms with Crippen molar-refractivity contribution in [3.05, 3.63) is 77.6 Å². The lowest BCUT2D eigenvalue weighted by Crippen LogP contribution is -2.46. The predicted octanol–water partition coefficient (Wildman–Crippen LogP) is 3.35. The monoisotopic (exact) mass is 433 g/mol. The van der Waals surface area contributed by atoms with Gasteiger partial charge >= 0.3 is 5.97 Å². The first-order valence-electron chi connectivity index (χ1n) is 10.3. The topological polar surface area (TPSA) is 90.2 Å². The molecule has 1 amide bonds. The molecule has 0 bridgehead atoms. The van der Waals surface area contributed by atoms with Gasteiger partial charge in [-0.1, -0.05) is 60.7 Å². The minimum absolute atomic E-state index is 0.122. The highest BCUT2D eigenvalue weighted by Crippen LogP contribution is 2.19. The third kappa shape index (κ3) is 5.87. The Bertz CT molecular complexity index is 1090. The van der Waals surface area contributed by atoms with Crippen LogP contribution in [0.3, 0.4) is 0 Å². The van der Waals surface area contributed by atoms with E-state index in [2.05, 4.69) is 15.5 Å². The molecule has 3 aromatic rings. The van der Waals surface area contributed by atoms with Crippen LogP contribution in [-0.4, -0.2) is 49.1 Å². The number of hydrogen-bond donors (Lipinski definition) is 0. The summed E-state index contributed by atoms with van der Waals surface area (Å²) in [6.45, 7) is 7.54. The number of aromatic nitrogens is 4. The highest BCUT2D eigenvalue weighted by molar-refractivity contribution is 6.15. The van der Waals surface area contributed by atoms with Gasteiger partial charge in [0.05, 0.1) is 0 Å². The van der Waals surface area contributed by atoms with Crippen molar-refractivity contribution in [2.45, 2.75) is 39.8 Å². The molecule has 32 heavy (non-hydrogen) atoms. The van der Waals surface area contributed by atoms with Crippen molar-refractivity contribution in [3.8, 4) is 0 Å². The number of carbonyl (C=O) groups excluding carboxylic acids is 2. The van der Waals surface area contributed by atoms with Gasteiger partial charge in [-0.2, -0.15) is 4.68 Å². The van der Waals surface area contributed by atoms with Gasteiger partial charge in [0, 0.05) is 12.1 Å². The van der Waals surface area contributed by atoms with Gasteiger partial charge in [0.15, 0.2) is 18.1 Å². The summed E-state index contributed by atoms with van der Waals surface area (Å²) in [5.74, 6) is -0.552. The van der Waals surface area contributed by atoms with E-state index in [-0.39, 0.29) is 11.6 Å². The number of esters is 1. The Labute approximate surface area is 187 Å². The molecule has 0 fully saturated rings. The Morgan fingerprint density at radius 2 is 1.66 bits per heavy atom. The van der Waals surface area contributed by atoms with Gasteiger partial charge in [-0.3, -0.25) is 4.79 Å². The van der Waals surface area contributed by atoms with E-state index in [4.69, 9.17) is 4.74 Å². The molecule has 0 aliphatic rings. The smallest absolute Gasteiger partial charge is 0.357 e. The van der Waals surface area contributed by atoms with E-state index < -0.39 is 18.1 Å². The van der Waals surface area contributed by atoms with Gasteiger partial charge in [0.2, 0.25) is 0 Å². The summed E-state index contributed by atoms with van der Waals surface area (Å²) in [4.78, 5) is 27.7. The molecular weight excluding hydrogens is 406 g/mol. The molecule has 0 spiro atoms. The number of rotatable bonds is 7. The van der Waals surface area contributed by atoms with Crippen molar-refractivity contribution < 1.29 is 14.3 Å². The summed E-state index contributed by atoms with van der Waals surface area (Å²) in [6, 6.07) is 19.0. The van der Waals surface area contributed by atoms with E-state index in [0.717, 1.165) is 11.1 Å². The van der Waals surface area contributed by atoms with Gasteiger partial charge in [0.25, 0.3) is 5.91 Å². The van der Waals surface area contributed by atoms with Crippen LogP contribution in [0, 0.1) is 6.92 Å². The van der Waals surface area contributed by atoms with Crippen LogP contribution in [0.4, 0.5) is 0 Å².